The zero-order chi connectivity index (χ0) is 13.0. The van der Waals surface area contributed by atoms with Gasteiger partial charge in [-0.05, 0) is 24.3 Å². The highest BCUT2D eigenvalue weighted by atomic mass is 16.5. The minimum absolute atomic E-state index is 0.0953. The molecule has 92 valence electrons. The third-order valence-electron chi connectivity index (χ3n) is 2.32. The average Bonchev–Trinajstić information content (AvgIpc) is 2.39. The first-order chi connectivity index (χ1) is 8.70. The zero-order valence-corrected chi connectivity index (χ0v) is 9.46. The number of aromatic hydroxyl groups is 1. The van der Waals surface area contributed by atoms with Crippen molar-refractivity contribution in [3.8, 4) is 17.2 Å². The number of nitrogens with two attached hydrogens (primary N) is 1. The van der Waals surface area contributed by atoms with Crippen LogP contribution in [0, 0.1) is 0 Å². The summed E-state index contributed by atoms with van der Waals surface area (Å²) in [5.74, 6) is 5.33. The molecule has 1 amide bonds. The number of amides is 1. The van der Waals surface area contributed by atoms with E-state index in [1.807, 2.05) is 23.6 Å². The smallest absolute Gasteiger partial charge is 0.268 e. The van der Waals surface area contributed by atoms with Crippen LogP contribution in [-0.2, 0) is 0 Å². The summed E-state index contributed by atoms with van der Waals surface area (Å²) in [5.41, 5.74) is 2.05. The maximum Gasteiger partial charge on any atom is 0.268 e. The number of hydrogen-bond donors (Lipinski definition) is 3. The van der Waals surface area contributed by atoms with Crippen LogP contribution in [0.1, 0.15) is 10.4 Å². The summed E-state index contributed by atoms with van der Waals surface area (Å²) in [4.78, 5) is 11.3. The topological polar surface area (TPSA) is 84.6 Å². The summed E-state index contributed by atoms with van der Waals surface area (Å²) in [6, 6.07) is 13.5. The van der Waals surface area contributed by atoms with Gasteiger partial charge in [-0.2, -0.15) is 0 Å². The Kier molecular flexibility index (Phi) is 3.45. The van der Waals surface area contributed by atoms with E-state index in [0.717, 1.165) is 0 Å². The van der Waals surface area contributed by atoms with Crippen molar-refractivity contribution >= 4 is 5.91 Å². The monoisotopic (exact) mass is 244 g/mol. The molecular formula is C13H12N2O3. The molecule has 0 bridgehead atoms. The molecule has 0 fully saturated rings. The van der Waals surface area contributed by atoms with Gasteiger partial charge in [0.1, 0.15) is 17.2 Å². The number of benzene rings is 2. The number of nitrogen functional groups attached to an aromatic ring is 1. The van der Waals surface area contributed by atoms with Crippen LogP contribution in [0.15, 0.2) is 48.5 Å². The van der Waals surface area contributed by atoms with Crippen molar-refractivity contribution in [3.63, 3.8) is 0 Å². The molecule has 5 heteroatoms. The van der Waals surface area contributed by atoms with E-state index in [1.54, 1.807) is 18.2 Å². The first kappa shape index (κ1) is 11.9. The van der Waals surface area contributed by atoms with E-state index in [9.17, 15) is 9.90 Å². The number of carbonyl (C=O) groups excluding carboxylic acids is 1. The summed E-state index contributed by atoms with van der Waals surface area (Å²) in [6.45, 7) is 0. The Morgan fingerprint density at radius 2 is 1.83 bits per heavy atom. The SMILES string of the molecule is NNC(=O)c1ccc(Oc2ccccc2)cc1O. The van der Waals surface area contributed by atoms with Gasteiger partial charge in [0.05, 0.1) is 5.56 Å². The Hall–Kier alpha value is -2.53. The first-order valence-electron chi connectivity index (χ1n) is 5.27. The summed E-state index contributed by atoms with van der Waals surface area (Å²) in [5, 5.41) is 9.67. The van der Waals surface area contributed by atoms with Gasteiger partial charge >= 0.3 is 0 Å². The van der Waals surface area contributed by atoms with Gasteiger partial charge in [-0.3, -0.25) is 10.2 Å². The van der Waals surface area contributed by atoms with E-state index >= 15 is 0 Å². The molecule has 0 atom stereocenters. The highest BCUT2D eigenvalue weighted by Crippen LogP contribution is 2.27. The molecule has 0 unspecified atom stereocenters. The van der Waals surface area contributed by atoms with Crippen LogP contribution in [0.2, 0.25) is 0 Å². The molecule has 0 aliphatic rings. The lowest BCUT2D eigenvalue weighted by molar-refractivity contribution is 0.0951. The zero-order valence-electron chi connectivity index (χ0n) is 9.46. The predicted octanol–water partition coefficient (Wildman–Crippen LogP) is 1.79. The highest BCUT2D eigenvalue weighted by Gasteiger charge is 2.10. The Morgan fingerprint density at radius 3 is 2.44 bits per heavy atom. The van der Waals surface area contributed by atoms with Gasteiger partial charge in [-0.25, -0.2) is 5.84 Å². The van der Waals surface area contributed by atoms with Crippen LogP contribution in [0.5, 0.6) is 17.2 Å². The molecule has 0 saturated heterocycles. The standard InChI is InChI=1S/C13H12N2O3/c14-15-13(17)11-7-6-10(8-12(11)16)18-9-4-2-1-3-5-9/h1-8,16H,14H2,(H,15,17). The van der Waals surface area contributed by atoms with Crippen LogP contribution in [0.4, 0.5) is 0 Å². The molecule has 2 aromatic carbocycles. The lowest BCUT2D eigenvalue weighted by Gasteiger charge is -2.08. The normalized spacial score (nSPS) is 9.83. The van der Waals surface area contributed by atoms with Gasteiger partial charge in [0.15, 0.2) is 0 Å². The van der Waals surface area contributed by atoms with Gasteiger partial charge in [-0.15, -0.1) is 0 Å². The van der Waals surface area contributed by atoms with Crippen molar-refractivity contribution in [1.82, 2.24) is 5.43 Å². The van der Waals surface area contributed by atoms with Crippen molar-refractivity contribution in [2.24, 2.45) is 5.84 Å². The van der Waals surface area contributed by atoms with Gasteiger partial charge in [0.25, 0.3) is 5.91 Å². The fourth-order valence-electron chi connectivity index (χ4n) is 1.47. The predicted molar refractivity (Wildman–Crippen MR) is 66.3 cm³/mol. The molecule has 0 heterocycles. The number of ether oxygens (including phenoxy) is 1. The van der Waals surface area contributed by atoms with Crippen LogP contribution in [-0.4, -0.2) is 11.0 Å². The van der Waals surface area contributed by atoms with Crippen molar-refractivity contribution in [1.29, 1.82) is 0 Å². The Morgan fingerprint density at radius 1 is 1.11 bits per heavy atom. The molecule has 2 rings (SSSR count). The van der Waals surface area contributed by atoms with Gasteiger partial charge in [0, 0.05) is 6.07 Å². The molecule has 0 radical (unpaired) electrons. The van der Waals surface area contributed by atoms with E-state index in [0.29, 0.717) is 11.5 Å². The third kappa shape index (κ3) is 2.58. The first-order valence-corrected chi connectivity index (χ1v) is 5.27. The second kappa shape index (κ2) is 5.20. The van der Waals surface area contributed by atoms with E-state index < -0.39 is 5.91 Å². The summed E-state index contributed by atoms with van der Waals surface area (Å²) >= 11 is 0. The summed E-state index contributed by atoms with van der Waals surface area (Å²) < 4.78 is 5.50. The second-order valence-electron chi connectivity index (χ2n) is 3.57. The van der Waals surface area contributed by atoms with Crippen LogP contribution in [0.3, 0.4) is 0 Å². The molecule has 0 aliphatic heterocycles. The Labute approximate surface area is 104 Å². The Balaban J connectivity index is 2.22. The molecule has 5 nitrogen and oxygen atoms in total. The molecule has 2 aromatic rings. The minimum Gasteiger partial charge on any atom is -0.507 e. The number of para-hydroxylation sites is 1. The lowest BCUT2D eigenvalue weighted by atomic mass is 10.2. The van der Waals surface area contributed by atoms with Crippen molar-refractivity contribution in [2.45, 2.75) is 0 Å². The fourth-order valence-corrected chi connectivity index (χ4v) is 1.47. The van der Waals surface area contributed by atoms with E-state index in [2.05, 4.69) is 0 Å². The fraction of sp³-hybridized carbons (Fsp3) is 0. The summed E-state index contributed by atoms with van der Waals surface area (Å²) in [6.07, 6.45) is 0. The lowest BCUT2D eigenvalue weighted by Crippen LogP contribution is -2.29. The number of hydrogen-bond acceptors (Lipinski definition) is 4. The number of hydrazine groups is 1. The molecule has 0 spiro atoms. The van der Waals surface area contributed by atoms with E-state index in [4.69, 9.17) is 10.6 Å². The number of carbonyl (C=O) groups is 1. The summed E-state index contributed by atoms with van der Waals surface area (Å²) in [7, 11) is 0. The number of phenols is 1. The van der Waals surface area contributed by atoms with Gasteiger partial charge < -0.3 is 9.84 Å². The van der Waals surface area contributed by atoms with Crippen LogP contribution < -0.4 is 16.0 Å². The second-order valence-corrected chi connectivity index (χ2v) is 3.57. The molecule has 0 saturated carbocycles. The minimum atomic E-state index is -0.557. The van der Waals surface area contributed by atoms with Crippen LogP contribution >= 0.6 is 0 Å². The van der Waals surface area contributed by atoms with E-state index in [1.165, 1.54) is 12.1 Å². The van der Waals surface area contributed by atoms with E-state index in [-0.39, 0.29) is 11.3 Å². The maximum absolute atomic E-state index is 11.3. The third-order valence-corrected chi connectivity index (χ3v) is 2.32. The largest absolute Gasteiger partial charge is 0.507 e. The van der Waals surface area contributed by atoms with Crippen molar-refractivity contribution < 1.29 is 14.6 Å². The highest BCUT2D eigenvalue weighted by molar-refractivity contribution is 5.96. The van der Waals surface area contributed by atoms with Crippen LogP contribution in [0.25, 0.3) is 0 Å². The van der Waals surface area contributed by atoms with Crippen molar-refractivity contribution in [2.75, 3.05) is 0 Å². The van der Waals surface area contributed by atoms with Crippen molar-refractivity contribution in [3.05, 3.63) is 54.1 Å². The Bertz CT molecular complexity index is 555. The van der Waals surface area contributed by atoms with Gasteiger partial charge in [0.2, 0.25) is 0 Å². The molecule has 0 aromatic heterocycles. The van der Waals surface area contributed by atoms with Gasteiger partial charge in [-0.1, -0.05) is 18.2 Å². The average molecular weight is 244 g/mol. The number of rotatable bonds is 3. The maximum atomic E-state index is 11.3. The molecule has 18 heavy (non-hydrogen) atoms. The molecule has 4 N–H and O–H groups in total. The number of phenolic OH excluding ortho intramolecular Hbond substituents is 1. The number of nitrogens with one attached hydrogen (secondary N) is 1. The quantitative estimate of drug-likeness (QED) is 0.436. The molecular weight excluding hydrogens is 232 g/mol. The molecule has 0 aliphatic carbocycles.